The first kappa shape index (κ1) is 22.6. The van der Waals surface area contributed by atoms with Crippen LogP contribution in [-0.4, -0.2) is 33.9 Å². The zero-order chi connectivity index (χ0) is 23.0. The number of anilines is 2. The number of halogens is 4. The molecule has 11 heteroatoms. The average Bonchev–Trinajstić information content (AvgIpc) is 3.17. The second-order valence-corrected chi connectivity index (χ2v) is 8.58. The quantitative estimate of drug-likeness (QED) is 0.467. The third kappa shape index (κ3) is 4.75. The second-order valence-electron chi connectivity index (χ2n) is 8.24. The number of rotatable bonds is 4. The highest BCUT2D eigenvalue weighted by molar-refractivity contribution is 6.28. The number of carbonyl (C=O) groups is 1. The molecule has 1 atom stereocenters. The van der Waals surface area contributed by atoms with E-state index in [2.05, 4.69) is 20.6 Å². The van der Waals surface area contributed by atoms with Crippen molar-refractivity contribution < 1.29 is 18.0 Å². The van der Waals surface area contributed by atoms with Crippen molar-refractivity contribution >= 4 is 29.0 Å². The van der Waals surface area contributed by atoms with Gasteiger partial charge in [-0.2, -0.15) is 13.2 Å². The molecule has 2 aliphatic heterocycles. The molecule has 32 heavy (non-hydrogen) atoms. The monoisotopic (exact) mass is 468 g/mol. The Hall–Kier alpha value is -2.59. The fraction of sp³-hybridized carbons (Fsp3) is 0.476. The van der Waals surface area contributed by atoms with Gasteiger partial charge in [0.15, 0.2) is 0 Å². The number of carbonyl (C=O) groups excluding carboxylic acids is 1. The van der Waals surface area contributed by atoms with Crippen molar-refractivity contribution in [2.45, 2.75) is 45.1 Å². The van der Waals surface area contributed by atoms with Gasteiger partial charge in [-0.15, -0.1) is 0 Å². The van der Waals surface area contributed by atoms with Gasteiger partial charge in [0, 0.05) is 17.2 Å². The fourth-order valence-corrected chi connectivity index (χ4v) is 4.39. The Balaban J connectivity index is 1.56. The SMILES string of the molecule is C[C@@H](Nc1nc(Cl)nc2c1CN(C(=O)C1CCNCC1)C2)c1cc(N)cc(C(F)(F)F)c1. The van der Waals surface area contributed by atoms with Crippen LogP contribution in [0.15, 0.2) is 18.2 Å². The van der Waals surface area contributed by atoms with Crippen LogP contribution in [0.4, 0.5) is 24.7 Å². The first-order chi connectivity index (χ1) is 15.1. The third-order valence-electron chi connectivity index (χ3n) is 5.91. The molecule has 0 spiro atoms. The summed E-state index contributed by atoms with van der Waals surface area (Å²) in [6.07, 6.45) is -2.92. The number of nitrogens with zero attached hydrogens (tertiary/aromatic N) is 3. The van der Waals surface area contributed by atoms with Crippen molar-refractivity contribution in [3.63, 3.8) is 0 Å². The molecule has 3 heterocycles. The van der Waals surface area contributed by atoms with E-state index in [1.165, 1.54) is 6.07 Å². The molecule has 4 rings (SSSR count). The number of hydrogen-bond acceptors (Lipinski definition) is 6. The van der Waals surface area contributed by atoms with E-state index in [9.17, 15) is 18.0 Å². The van der Waals surface area contributed by atoms with E-state index in [0.29, 0.717) is 30.2 Å². The number of aromatic nitrogens is 2. The number of nitrogens with one attached hydrogen (secondary N) is 2. The fourth-order valence-electron chi connectivity index (χ4n) is 4.21. The van der Waals surface area contributed by atoms with Gasteiger partial charge in [0.05, 0.1) is 30.4 Å². The van der Waals surface area contributed by atoms with Crippen molar-refractivity contribution in [2.24, 2.45) is 5.92 Å². The first-order valence-corrected chi connectivity index (χ1v) is 10.8. The van der Waals surface area contributed by atoms with E-state index in [-0.39, 0.29) is 22.8 Å². The summed E-state index contributed by atoms with van der Waals surface area (Å²) in [4.78, 5) is 23.2. The van der Waals surface area contributed by atoms with Gasteiger partial charge in [-0.25, -0.2) is 9.97 Å². The van der Waals surface area contributed by atoms with Crippen molar-refractivity contribution in [3.8, 4) is 0 Å². The Morgan fingerprint density at radius 1 is 1.25 bits per heavy atom. The molecule has 0 radical (unpaired) electrons. The maximum atomic E-state index is 13.2. The van der Waals surface area contributed by atoms with Crippen molar-refractivity contribution in [2.75, 3.05) is 24.1 Å². The van der Waals surface area contributed by atoms with Crippen molar-refractivity contribution in [1.29, 1.82) is 0 Å². The molecule has 0 bridgehead atoms. The Morgan fingerprint density at radius 3 is 2.66 bits per heavy atom. The zero-order valence-corrected chi connectivity index (χ0v) is 18.2. The highest BCUT2D eigenvalue weighted by Gasteiger charge is 2.34. The lowest BCUT2D eigenvalue weighted by Crippen LogP contribution is -2.38. The minimum Gasteiger partial charge on any atom is -0.399 e. The smallest absolute Gasteiger partial charge is 0.399 e. The predicted molar refractivity (Wildman–Crippen MR) is 115 cm³/mol. The summed E-state index contributed by atoms with van der Waals surface area (Å²) in [6.45, 7) is 4.00. The van der Waals surface area contributed by atoms with Crippen molar-refractivity contribution in [1.82, 2.24) is 20.2 Å². The summed E-state index contributed by atoms with van der Waals surface area (Å²) in [5.74, 6) is 0.451. The van der Waals surface area contributed by atoms with Crippen LogP contribution >= 0.6 is 11.6 Å². The topological polar surface area (TPSA) is 96.2 Å². The van der Waals surface area contributed by atoms with Gasteiger partial charge in [-0.1, -0.05) is 0 Å². The van der Waals surface area contributed by atoms with Crippen LogP contribution in [0.2, 0.25) is 5.28 Å². The van der Waals surface area contributed by atoms with Crippen LogP contribution in [0.5, 0.6) is 0 Å². The number of alkyl halides is 3. The lowest BCUT2D eigenvalue weighted by atomic mass is 9.97. The third-order valence-corrected chi connectivity index (χ3v) is 6.08. The number of amides is 1. The Morgan fingerprint density at radius 2 is 1.97 bits per heavy atom. The van der Waals surface area contributed by atoms with Crippen LogP contribution in [0.3, 0.4) is 0 Å². The highest BCUT2D eigenvalue weighted by atomic mass is 35.5. The zero-order valence-electron chi connectivity index (χ0n) is 17.5. The summed E-state index contributed by atoms with van der Waals surface area (Å²) >= 11 is 6.10. The molecule has 1 saturated heterocycles. The Labute approximate surface area is 188 Å². The summed E-state index contributed by atoms with van der Waals surface area (Å²) in [6, 6.07) is 2.91. The number of nitrogen functional groups attached to an aromatic ring is 1. The maximum absolute atomic E-state index is 13.2. The minimum absolute atomic E-state index is 0.0122. The molecule has 172 valence electrons. The lowest BCUT2D eigenvalue weighted by molar-refractivity contribution is -0.138. The van der Waals surface area contributed by atoms with Crippen LogP contribution < -0.4 is 16.4 Å². The van der Waals surface area contributed by atoms with Gasteiger partial charge >= 0.3 is 6.18 Å². The average molecular weight is 469 g/mol. The van der Waals surface area contributed by atoms with Gasteiger partial charge in [-0.05, 0) is 68.2 Å². The molecule has 0 aliphatic carbocycles. The van der Waals surface area contributed by atoms with Crippen LogP contribution in [0.25, 0.3) is 0 Å². The normalized spacial score (nSPS) is 17.8. The number of fused-ring (bicyclic) bond motifs is 1. The number of nitrogens with two attached hydrogens (primary N) is 1. The Bertz CT molecular complexity index is 1030. The van der Waals surface area contributed by atoms with Gasteiger partial charge in [0.2, 0.25) is 11.2 Å². The van der Waals surface area contributed by atoms with Gasteiger partial charge in [0.1, 0.15) is 5.82 Å². The molecule has 2 aromatic rings. The predicted octanol–water partition coefficient (Wildman–Crippen LogP) is 3.75. The van der Waals surface area contributed by atoms with E-state index in [4.69, 9.17) is 17.3 Å². The van der Waals surface area contributed by atoms with E-state index in [1.807, 2.05) is 0 Å². The van der Waals surface area contributed by atoms with E-state index < -0.39 is 17.8 Å². The largest absolute Gasteiger partial charge is 0.416 e. The number of piperidine rings is 1. The molecular weight excluding hydrogens is 445 g/mol. The van der Waals surface area contributed by atoms with E-state index >= 15 is 0 Å². The highest BCUT2D eigenvalue weighted by Crippen LogP contribution is 2.35. The van der Waals surface area contributed by atoms with Gasteiger partial charge in [-0.3, -0.25) is 4.79 Å². The maximum Gasteiger partial charge on any atom is 0.416 e. The van der Waals surface area contributed by atoms with E-state index in [1.54, 1.807) is 11.8 Å². The van der Waals surface area contributed by atoms with Crippen LogP contribution in [0, 0.1) is 5.92 Å². The second kappa shape index (κ2) is 8.74. The molecule has 1 aromatic heterocycles. The van der Waals surface area contributed by atoms with Crippen LogP contribution in [-0.2, 0) is 24.1 Å². The molecule has 7 nitrogen and oxygen atoms in total. The standard InChI is InChI=1S/C21H24ClF3N6O/c1-11(13-6-14(21(23,24)25)8-15(26)7-13)28-18-16-9-31(10-17(16)29-20(22)30-18)19(32)12-2-4-27-5-3-12/h6-8,11-12,27H,2-5,9-10,26H2,1H3,(H,28,29,30)/t11-/m1/s1. The molecule has 2 aliphatic rings. The first-order valence-electron chi connectivity index (χ1n) is 10.4. The summed E-state index contributed by atoms with van der Waals surface area (Å²) in [7, 11) is 0. The molecule has 0 unspecified atom stereocenters. The van der Waals surface area contributed by atoms with Gasteiger partial charge in [0.25, 0.3) is 0 Å². The lowest BCUT2D eigenvalue weighted by Gasteiger charge is -2.26. The molecule has 0 saturated carbocycles. The number of benzene rings is 1. The molecule has 1 fully saturated rings. The molecule has 1 amide bonds. The summed E-state index contributed by atoms with van der Waals surface area (Å²) in [5.41, 5.74) is 6.64. The number of hydrogen-bond donors (Lipinski definition) is 3. The van der Waals surface area contributed by atoms with Crippen molar-refractivity contribution in [3.05, 3.63) is 45.9 Å². The van der Waals surface area contributed by atoms with E-state index in [0.717, 1.165) is 43.6 Å². The minimum atomic E-state index is -4.50. The molecule has 1 aromatic carbocycles. The Kier molecular flexibility index (Phi) is 6.17. The summed E-state index contributed by atoms with van der Waals surface area (Å²) in [5, 5.41) is 6.40. The van der Waals surface area contributed by atoms with Crippen LogP contribution in [0.1, 0.15) is 48.2 Å². The molecular formula is C21H24ClF3N6O. The molecule has 4 N–H and O–H groups in total. The van der Waals surface area contributed by atoms with Gasteiger partial charge < -0.3 is 21.3 Å². The summed E-state index contributed by atoms with van der Waals surface area (Å²) < 4.78 is 39.6.